The van der Waals surface area contributed by atoms with Crippen LogP contribution in [0.1, 0.15) is 123 Å². The molecule has 0 aromatic rings. The molecular formula is C43H75NO13. The fourth-order valence-corrected chi connectivity index (χ4v) is 6.61. The van der Waals surface area contributed by atoms with Crippen molar-refractivity contribution >= 4 is 5.91 Å². The van der Waals surface area contributed by atoms with Gasteiger partial charge in [-0.1, -0.05) is 107 Å². The first-order chi connectivity index (χ1) is 27.6. The van der Waals surface area contributed by atoms with E-state index in [0.717, 1.165) is 70.6 Å². The number of carbonyl (C=O) groups is 1. The van der Waals surface area contributed by atoms with E-state index < -0.39 is 86.8 Å². The van der Waals surface area contributed by atoms with E-state index in [9.17, 15) is 45.6 Å². The highest BCUT2D eigenvalue weighted by molar-refractivity contribution is 5.76. The van der Waals surface area contributed by atoms with Gasteiger partial charge in [-0.25, -0.2) is 0 Å². The molecule has 0 aromatic heterocycles. The lowest BCUT2D eigenvalue weighted by Gasteiger charge is -2.46. The van der Waals surface area contributed by atoms with Gasteiger partial charge in [0.15, 0.2) is 12.6 Å². The van der Waals surface area contributed by atoms with Crippen LogP contribution in [0.5, 0.6) is 0 Å². The average Bonchev–Trinajstić information content (AvgIpc) is 3.21. The van der Waals surface area contributed by atoms with Crippen LogP contribution in [0.15, 0.2) is 48.6 Å². The van der Waals surface area contributed by atoms with Crippen LogP contribution in [0.4, 0.5) is 0 Å². The predicted octanol–water partition coefficient (Wildman–Crippen LogP) is 3.37. The van der Waals surface area contributed by atoms with Gasteiger partial charge in [0.05, 0.1) is 32.0 Å². The number of hydrogen-bond acceptors (Lipinski definition) is 13. The highest BCUT2D eigenvalue weighted by atomic mass is 16.7. The number of nitrogens with one attached hydrogen (secondary N) is 1. The molecule has 2 rings (SSSR count). The molecule has 2 fully saturated rings. The minimum atomic E-state index is -1.79. The van der Waals surface area contributed by atoms with Crippen LogP contribution in [0.25, 0.3) is 0 Å². The summed E-state index contributed by atoms with van der Waals surface area (Å²) >= 11 is 0. The lowest BCUT2D eigenvalue weighted by atomic mass is 9.97. The van der Waals surface area contributed by atoms with Crippen LogP contribution in [0, 0.1) is 0 Å². The molecule has 0 bridgehead atoms. The van der Waals surface area contributed by atoms with Gasteiger partial charge in [-0.15, -0.1) is 0 Å². The van der Waals surface area contributed by atoms with Gasteiger partial charge in [0.2, 0.25) is 5.91 Å². The number of allylic oxidation sites excluding steroid dienone is 7. The minimum absolute atomic E-state index is 0.255. The van der Waals surface area contributed by atoms with E-state index in [1.54, 1.807) is 6.08 Å². The first-order valence-corrected chi connectivity index (χ1v) is 21.4. The summed E-state index contributed by atoms with van der Waals surface area (Å²) in [6, 6.07) is -0.935. The van der Waals surface area contributed by atoms with Crippen molar-refractivity contribution in [3.05, 3.63) is 48.6 Å². The van der Waals surface area contributed by atoms with E-state index in [1.807, 2.05) is 6.08 Å². The Morgan fingerprint density at radius 1 is 0.632 bits per heavy atom. The third kappa shape index (κ3) is 19.7. The summed E-state index contributed by atoms with van der Waals surface area (Å²) in [6.07, 6.45) is 16.2. The van der Waals surface area contributed by atoms with Crippen LogP contribution < -0.4 is 5.32 Å². The standard InChI is InChI=1S/C43H75NO13/c1-3-5-7-9-11-13-14-15-16-17-18-19-21-23-25-27-35(48)44-31(32(47)26-24-22-20-12-10-8-6-4-2)30-54-42-40(53)38(51)41(34(29-46)56-42)57-43-39(52)37(50)36(49)33(28-45)55-43/h10-13,15-16,24,26,31-34,36-43,45-47,49-53H,3-9,14,17-23,25,27-30H2,1-2H3,(H,44,48)/b12-10+,13-11-,16-15-,26-24+. The number of carbonyl (C=O) groups excluding carboxylic acids is 1. The maximum atomic E-state index is 13.0. The Labute approximate surface area is 340 Å². The van der Waals surface area contributed by atoms with Gasteiger partial charge in [0, 0.05) is 6.42 Å². The third-order valence-corrected chi connectivity index (χ3v) is 10.2. The van der Waals surface area contributed by atoms with Gasteiger partial charge in [-0.3, -0.25) is 4.79 Å². The Bertz CT molecular complexity index is 1150. The van der Waals surface area contributed by atoms with Crippen molar-refractivity contribution in [2.75, 3.05) is 19.8 Å². The van der Waals surface area contributed by atoms with Crippen molar-refractivity contribution in [3.8, 4) is 0 Å². The number of amides is 1. The van der Waals surface area contributed by atoms with Crippen molar-refractivity contribution in [3.63, 3.8) is 0 Å². The average molecular weight is 814 g/mol. The monoisotopic (exact) mass is 814 g/mol. The van der Waals surface area contributed by atoms with Gasteiger partial charge < -0.3 is 65.1 Å². The van der Waals surface area contributed by atoms with Gasteiger partial charge in [-0.2, -0.15) is 0 Å². The van der Waals surface area contributed by atoms with E-state index in [-0.39, 0.29) is 18.9 Å². The molecule has 2 aliphatic heterocycles. The summed E-state index contributed by atoms with van der Waals surface area (Å²) in [4.78, 5) is 13.0. The number of aliphatic hydroxyl groups is 8. The van der Waals surface area contributed by atoms with Crippen LogP contribution in [0.3, 0.4) is 0 Å². The Kier molecular flexibility index (Phi) is 27.7. The maximum Gasteiger partial charge on any atom is 0.220 e. The molecule has 1 amide bonds. The SMILES string of the molecule is CCCC/C=C/CC/C=C/C(O)C(COC1OC(CO)C(OC2OC(CO)C(O)C(O)C2O)C(O)C1O)NC(=O)CCCCCCC/C=C\C/C=C\CCCCC. The second-order valence-corrected chi connectivity index (χ2v) is 15.1. The molecule has 0 aromatic carbocycles. The van der Waals surface area contributed by atoms with Crippen molar-refractivity contribution in [2.24, 2.45) is 0 Å². The van der Waals surface area contributed by atoms with Crippen LogP contribution >= 0.6 is 0 Å². The molecule has 0 spiro atoms. The van der Waals surface area contributed by atoms with Gasteiger partial charge in [-0.05, 0) is 57.8 Å². The van der Waals surface area contributed by atoms with Gasteiger partial charge >= 0.3 is 0 Å². The molecule has 0 saturated carbocycles. The van der Waals surface area contributed by atoms with E-state index in [0.29, 0.717) is 12.8 Å². The van der Waals surface area contributed by atoms with Crippen molar-refractivity contribution in [1.82, 2.24) is 5.32 Å². The quantitative estimate of drug-likeness (QED) is 0.0375. The molecule has 14 heteroatoms. The summed E-state index contributed by atoms with van der Waals surface area (Å²) in [7, 11) is 0. The molecular weight excluding hydrogens is 738 g/mol. The minimum Gasteiger partial charge on any atom is -0.394 e. The summed E-state index contributed by atoms with van der Waals surface area (Å²) in [5.41, 5.74) is 0. The van der Waals surface area contributed by atoms with E-state index in [1.165, 1.54) is 19.3 Å². The summed E-state index contributed by atoms with van der Waals surface area (Å²) in [5.74, 6) is -0.271. The summed E-state index contributed by atoms with van der Waals surface area (Å²) in [6.45, 7) is 2.60. The number of aliphatic hydroxyl groups excluding tert-OH is 8. The maximum absolute atomic E-state index is 13.0. The van der Waals surface area contributed by atoms with E-state index in [2.05, 4.69) is 55.6 Å². The van der Waals surface area contributed by atoms with Crippen molar-refractivity contribution in [2.45, 2.75) is 197 Å². The largest absolute Gasteiger partial charge is 0.394 e. The van der Waals surface area contributed by atoms with Crippen molar-refractivity contribution in [1.29, 1.82) is 0 Å². The third-order valence-electron chi connectivity index (χ3n) is 10.2. The highest BCUT2D eigenvalue weighted by Crippen LogP contribution is 2.29. The molecule has 330 valence electrons. The van der Waals surface area contributed by atoms with Crippen molar-refractivity contribution < 1.29 is 64.6 Å². The zero-order chi connectivity index (χ0) is 41.8. The Hall–Kier alpha value is -2.05. The number of ether oxygens (including phenoxy) is 4. The molecule has 2 aliphatic rings. The lowest BCUT2D eigenvalue weighted by molar-refractivity contribution is -0.359. The van der Waals surface area contributed by atoms with Crippen LogP contribution in [0.2, 0.25) is 0 Å². The van der Waals surface area contributed by atoms with Gasteiger partial charge in [0.25, 0.3) is 0 Å². The molecule has 0 radical (unpaired) electrons. The number of hydrogen-bond donors (Lipinski definition) is 9. The molecule has 2 heterocycles. The molecule has 9 N–H and O–H groups in total. The smallest absolute Gasteiger partial charge is 0.220 e. The lowest BCUT2D eigenvalue weighted by Crippen LogP contribution is -2.65. The molecule has 12 atom stereocenters. The first-order valence-electron chi connectivity index (χ1n) is 21.4. The molecule has 0 aliphatic carbocycles. The zero-order valence-electron chi connectivity index (χ0n) is 34.3. The zero-order valence-corrected chi connectivity index (χ0v) is 34.3. The fraction of sp³-hybridized carbons (Fsp3) is 0.791. The second-order valence-electron chi connectivity index (χ2n) is 15.1. The van der Waals surface area contributed by atoms with E-state index in [4.69, 9.17) is 18.9 Å². The fourth-order valence-electron chi connectivity index (χ4n) is 6.61. The summed E-state index contributed by atoms with van der Waals surface area (Å²) < 4.78 is 22.5. The van der Waals surface area contributed by atoms with E-state index >= 15 is 0 Å². The molecule has 57 heavy (non-hydrogen) atoms. The van der Waals surface area contributed by atoms with Crippen LogP contribution in [-0.4, -0.2) is 140 Å². The Morgan fingerprint density at radius 3 is 1.88 bits per heavy atom. The summed E-state index contributed by atoms with van der Waals surface area (Å²) in [5, 5.41) is 86.1. The Balaban J connectivity index is 1.91. The van der Waals surface area contributed by atoms with Crippen LogP contribution in [-0.2, 0) is 23.7 Å². The topological polar surface area (TPSA) is 228 Å². The predicted molar refractivity (Wildman–Crippen MR) is 217 cm³/mol. The molecule has 12 unspecified atom stereocenters. The number of unbranched alkanes of at least 4 members (excludes halogenated alkanes) is 11. The first kappa shape index (κ1) is 51.1. The molecule has 14 nitrogen and oxygen atoms in total. The Morgan fingerprint density at radius 2 is 1.19 bits per heavy atom. The molecule has 2 saturated heterocycles. The highest BCUT2D eigenvalue weighted by Gasteiger charge is 2.50. The second kappa shape index (κ2) is 30.9. The number of rotatable bonds is 30. The normalized spacial score (nSPS) is 29.6. The van der Waals surface area contributed by atoms with Gasteiger partial charge in [0.1, 0.15) is 48.8 Å².